The van der Waals surface area contributed by atoms with Gasteiger partial charge in [-0.25, -0.2) is 0 Å². The number of hydrogen-bond acceptors (Lipinski definition) is 4. The quantitative estimate of drug-likeness (QED) is 0.442. The highest BCUT2D eigenvalue weighted by Gasteiger charge is 2.30. The first kappa shape index (κ1) is 21.3. The van der Waals surface area contributed by atoms with Gasteiger partial charge in [0, 0.05) is 17.2 Å². The van der Waals surface area contributed by atoms with Crippen LogP contribution in [0, 0.1) is 5.92 Å². The first-order valence-corrected chi connectivity index (χ1v) is 8.90. The molecule has 0 spiro atoms. The molecule has 0 aliphatic carbocycles. The van der Waals surface area contributed by atoms with Gasteiger partial charge < -0.3 is 14.2 Å². The predicted molar refractivity (Wildman–Crippen MR) is 96.1 cm³/mol. The number of rotatable bonds is 12. The van der Waals surface area contributed by atoms with Crippen LogP contribution in [0.3, 0.4) is 0 Å². The fraction of sp³-hybridized carbons (Fsp3) is 1.00. The molecule has 2 unspecified atom stereocenters. The summed E-state index contributed by atoms with van der Waals surface area (Å²) in [5, 5.41) is 0.257. The van der Waals surface area contributed by atoms with Crippen molar-refractivity contribution in [2.75, 3.05) is 13.2 Å². The SMILES string of the molecule is CBC(OCC(C)S)[C@H](CC)[C@@H](COC(C)C)OC(C)C. The molecule has 0 aromatic rings. The lowest BCUT2D eigenvalue weighted by Crippen LogP contribution is -2.42. The van der Waals surface area contributed by atoms with E-state index in [1.54, 1.807) is 0 Å². The third-order valence-corrected chi connectivity index (χ3v) is 3.57. The van der Waals surface area contributed by atoms with Gasteiger partial charge in [0.1, 0.15) is 0 Å². The van der Waals surface area contributed by atoms with Gasteiger partial charge in [-0.2, -0.15) is 12.6 Å². The highest BCUT2D eigenvalue weighted by Crippen LogP contribution is 2.22. The minimum atomic E-state index is 0.0811. The van der Waals surface area contributed by atoms with Gasteiger partial charge in [0.2, 0.25) is 0 Å². The molecule has 0 fully saturated rings. The standard InChI is InChI=1S/C16H35BO3S/c1-8-14(16(17-7)19-9-13(6)21)15(20-12(4)5)10-18-11(2)3/h11-17,21H,8-10H2,1-7H3/t13?,14-,15-,16?/m1/s1. The van der Waals surface area contributed by atoms with Gasteiger partial charge in [0.05, 0.1) is 31.5 Å². The van der Waals surface area contributed by atoms with Gasteiger partial charge in [0.25, 0.3) is 0 Å². The Hall–Kier alpha value is 0.295. The number of hydrogen-bond donors (Lipinski definition) is 1. The van der Waals surface area contributed by atoms with Crippen LogP contribution in [0.1, 0.15) is 48.0 Å². The second-order valence-corrected chi connectivity index (χ2v) is 7.19. The average Bonchev–Trinajstić information content (AvgIpc) is 2.39. The molecular formula is C16H35BO3S. The smallest absolute Gasteiger partial charge is 0.155 e. The van der Waals surface area contributed by atoms with E-state index in [0.717, 1.165) is 13.7 Å². The minimum absolute atomic E-state index is 0.0811. The van der Waals surface area contributed by atoms with E-state index in [9.17, 15) is 0 Å². The third-order valence-electron chi connectivity index (χ3n) is 3.42. The largest absolute Gasteiger partial charge is 0.385 e. The van der Waals surface area contributed by atoms with Crippen LogP contribution in [0.4, 0.5) is 0 Å². The van der Waals surface area contributed by atoms with Crippen LogP contribution in [0.25, 0.3) is 0 Å². The molecule has 0 aliphatic heterocycles. The van der Waals surface area contributed by atoms with Crippen molar-refractivity contribution in [2.45, 2.75) is 84.4 Å². The summed E-state index contributed by atoms with van der Waals surface area (Å²) in [5.41, 5.74) is 0. The van der Waals surface area contributed by atoms with E-state index in [-0.39, 0.29) is 29.6 Å². The van der Waals surface area contributed by atoms with E-state index in [1.807, 2.05) is 0 Å². The Morgan fingerprint density at radius 1 is 0.952 bits per heavy atom. The van der Waals surface area contributed by atoms with Crippen LogP contribution in [-0.2, 0) is 14.2 Å². The Labute approximate surface area is 138 Å². The van der Waals surface area contributed by atoms with Crippen molar-refractivity contribution in [2.24, 2.45) is 5.92 Å². The topological polar surface area (TPSA) is 27.7 Å². The van der Waals surface area contributed by atoms with E-state index < -0.39 is 0 Å². The van der Waals surface area contributed by atoms with Crippen LogP contribution < -0.4 is 0 Å². The van der Waals surface area contributed by atoms with E-state index in [0.29, 0.717) is 19.1 Å². The summed E-state index contributed by atoms with van der Waals surface area (Å²) in [7, 11) is 0.985. The Morgan fingerprint density at radius 3 is 1.95 bits per heavy atom. The second kappa shape index (κ2) is 11.8. The zero-order valence-corrected chi connectivity index (χ0v) is 15.9. The van der Waals surface area contributed by atoms with Crippen LogP contribution in [0.2, 0.25) is 6.82 Å². The molecule has 21 heavy (non-hydrogen) atoms. The molecule has 126 valence electrons. The summed E-state index contributed by atoms with van der Waals surface area (Å²) >= 11 is 4.40. The van der Waals surface area contributed by atoms with E-state index in [2.05, 4.69) is 61.0 Å². The van der Waals surface area contributed by atoms with Gasteiger partial charge in [-0.15, -0.1) is 0 Å². The molecule has 0 rings (SSSR count). The van der Waals surface area contributed by atoms with Crippen LogP contribution in [-0.4, -0.2) is 50.1 Å². The first-order chi connectivity index (χ1) is 9.81. The maximum absolute atomic E-state index is 6.12. The van der Waals surface area contributed by atoms with Gasteiger partial charge in [-0.05, 0) is 34.1 Å². The van der Waals surface area contributed by atoms with Crippen molar-refractivity contribution in [3.63, 3.8) is 0 Å². The summed E-state index contributed by atoms with van der Waals surface area (Å²) in [6.07, 6.45) is 1.52. The summed E-state index contributed by atoms with van der Waals surface area (Å²) in [6, 6.07) is 0.198. The number of ether oxygens (including phenoxy) is 3. The summed E-state index contributed by atoms with van der Waals surface area (Å²) in [6.45, 7) is 16.0. The molecule has 0 N–H and O–H groups in total. The van der Waals surface area contributed by atoms with Gasteiger partial charge in [0.15, 0.2) is 7.28 Å². The number of thiol groups is 1. The van der Waals surface area contributed by atoms with Gasteiger partial charge in [-0.1, -0.05) is 20.7 Å². The molecule has 0 aromatic heterocycles. The maximum atomic E-state index is 6.12. The van der Waals surface area contributed by atoms with E-state index in [1.165, 1.54) is 0 Å². The molecule has 5 heteroatoms. The molecule has 0 heterocycles. The lowest BCUT2D eigenvalue weighted by Gasteiger charge is -2.34. The van der Waals surface area contributed by atoms with E-state index in [4.69, 9.17) is 14.2 Å². The summed E-state index contributed by atoms with van der Waals surface area (Å²) < 4.78 is 18.0. The molecule has 0 saturated carbocycles. The lowest BCUT2D eigenvalue weighted by atomic mass is 9.66. The Bertz CT molecular complexity index is 250. The van der Waals surface area contributed by atoms with Crippen LogP contribution in [0.5, 0.6) is 0 Å². The minimum Gasteiger partial charge on any atom is -0.385 e. The third kappa shape index (κ3) is 9.82. The van der Waals surface area contributed by atoms with Crippen molar-refractivity contribution >= 4 is 19.9 Å². The van der Waals surface area contributed by atoms with Crippen LogP contribution >= 0.6 is 12.6 Å². The molecule has 0 radical (unpaired) electrons. The van der Waals surface area contributed by atoms with Gasteiger partial charge >= 0.3 is 0 Å². The van der Waals surface area contributed by atoms with Crippen molar-refractivity contribution < 1.29 is 14.2 Å². The van der Waals surface area contributed by atoms with Crippen molar-refractivity contribution in [1.82, 2.24) is 0 Å². The Kier molecular flexibility index (Phi) is 12.0. The Morgan fingerprint density at radius 2 is 1.57 bits per heavy atom. The fourth-order valence-electron chi connectivity index (χ4n) is 2.47. The lowest BCUT2D eigenvalue weighted by molar-refractivity contribution is -0.105. The molecule has 0 bridgehead atoms. The molecule has 3 nitrogen and oxygen atoms in total. The van der Waals surface area contributed by atoms with Crippen LogP contribution in [0.15, 0.2) is 0 Å². The zero-order valence-electron chi connectivity index (χ0n) is 15.0. The molecule has 0 amide bonds. The summed E-state index contributed by atoms with van der Waals surface area (Å²) in [5.74, 6) is 0.350. The zero-order chi connectivity index (χ0) is 16.4. The second-order valence-electron chi connectivity index (χ2n) is 6.31. The normalized spacial score (nSPS) is 17.8. The Balaban J connectivity index is 4.79. The average molecular weight is 318 g/mol. The summed E-state index contributed by atoms with van der Waals surface area (Å²) in [4.78, 5) is 0. The molecular weight excluding hydrogens is 283 g/mol. The molecule has 0 saturated heterocycles. The monoisotopic (exact) mass is 318 g/mol. The van der Waals surface area contributed by atoms with Crippen molar-refractivity contribution in [3.8, 4) is 0 Å². The highest BCUT2D eigenvalue weighted by molar-refractivity contribution is 7.80. The fourth-order valence-corrected chi connectivity index (χ4v) is 2.56. The first-order valence-electron chi connectivity index (χ1n) is 8.38. The maximum Gasteiger partial charge on any atom is 0.155 e. The van der Waals surface area contributed by atoms with E-state index >= 15 is 0 Å². The highest BCUT2D eigenvalue weighted by atomic mass is 32.1. The predicted octanol–water partition coefficient (Wildman–Crippen LogP) is 3.38. The van der Waals surface area contributed by atoms with Crippen molar-refractivity contribution in [3.05, 3.63) is 0 Å². The molecule has 0 aromatic carbocycles. The van der Waals surface area contributed by atoms with Gasteiger partial charge in [-0.3, -0.25) is 0 Å². The van der Waals surface area contributed by atoms with Crippen molar-refractivity contribution in [1.29, 1.82) is 0 Å². The molecule has 4 atom stereocenters. The molecule has 0 aliphatic rings.